The van der Waals surface area contributed by atoms with Crippen LogP contribution in [0.3, 0.4) is 0 Å². The number of benzene rings is 2. The van der Waals surface area contributed by atoms with Gasteiger partial charge >= 0.3 is 0 Å². The van der Waals surface area contributed by atoms with Gasteiger partial charge in [0.05, 0.1) is 35.6 Å². The number of hydrogen-bond acceptors (Lipinski definition) is 14. The molecule has 13 unspecified atom stereocenters. The van der Waals surface area contributed by atoms with E-state index in [9.17, 15) is 24.9 Å². The zero-order valence-corrected chi connectivity index (χ0v) is 31.0. The van der Waals surface area contributed by atoms with Gasteiger partial charge in [0, 0.05) is 42.2 Å². The Bertz CT molecular complexity index is 1920. The molecule has 286 valence electrons. The first-order chi connectivity index (χ1) is 24.9. The minimum atomic E-state index is -1.56. The van der Waals surface area contributed by atoms with Crippen molar-refractivity contribution in [2.75, 3.05) is 13.7 Å². The van der Waals surface area contributed by atoms with Crippen LogP contribution in [0.15, 0.2) is 24.3 Å². The van der Waals surface area contributed by atoms with Crippen molar-refractivity contribution in [1.29, 1.82) is 0 Å². The van der Waals surface area contributed by atoms with Gasteiger partial charge in [-0.1, -0.05) is 18.2 Å². The van der Waals surface area contributed by atoms with Crippen LogP contribution in [0, 0.1) is 13.8 Å². The monoisotopic (exact) mass is 738 g/mol. The van der Waals surface area contributed by atoms with Gasteiger partial charge in [0.15, 0.2) is 30.3 Å². The quantitative estimate of drug-likeness (QED) is 0.314. The number of aliphatic hydroxyl groups excluding tert-OH is 1. The van der Waals surface area contributed by atoms with Crippen molar-refractivity contribution in [3.63, 3.8) is 0 Å². The molecular weight excluding hydrogens is 692 g/mol. The molecular formula is C39H46O14. The maximum absolute atomic E-state index is 14.2. The van der Waals surface area contributed by atoms with E-state index in [1.165, 1.54) is 14.0 Å². The van der Waals surface area contributed by atoms with Gasteiger partial charge in [-0.15, -0.1) is 0 Å². The number of carbonyl (C=O) groups excluding carboxylic acids is 2. The maximum Gasteiger partial charge on any atom is 0.276 e. The average molecular weight is 739 g/mol. The number of rotatable bonds is 6. The first-order valence-corrected chi connectivity index (χ1v) is 18.3. The average Bonchev–Trinajstić information content (AvgIpc) is 3.73. The molecule has 53 heavy (non-hydrogen) atoms. The third-order valence-corrected chi connectivity index (χ3v) is 12.6. The summed E-state index contributed by atoms with van der Waals surface area (Å²) in [6, 6.07) is 6.96. The molecule has 1 spiro atoms. The van der Waals surface area contributed by atoms with E-state index in [2.05, 4.69) is 0 Å². The maximum atomic E-state index is 14.2. The Morgan fingerprint density at radius 3 is 2.26 bits per heavy atom. The summed E-state index contributed by atoms with van der Waals surface area (Å²) >= 11 is 0. The highest BCUT2D eigenvalue weighted by molar-refractivity contribution is 6.30. The highest BCUT2D eigenvalue weighted by Crippen LogP contribution is 2.71. The first kappa shape index (κ1) is 35.8. The van der Waals surface area contributed by atoms with Gasteiger partial charge in [-0.25, -0.2) is 0 Å². The Labute approximate surface area is 306 Å². The summed E-state index contributed by atoms with van der Waals surface area (Å²) in [5.41, 5.74) is -1.13. The summed E-state index contributed by atoms with van der Waals surface area (Å²) in [4.78, 5) is 28.1. The van der Waals surface area contributed by atoms with Gasteiger partial charge in [0.1, 0.15) is 30.2 Å². The summed E-state index contributed by atoms with van der Waals surface area (Å²) in [6.07, 6.45) is -7.59. The standard InChI is InChI=1S/C39H46O14/c1-16-10-9-11-21-25(16)29(41)27-22(28(21)40)12-17(2)26-30(27)51-39(45-8)34-31(26)52-38(53-34,37(39)15-46-37)20(5)49-23-14-36(7,44)33(19(4)48-23)50-24-13-35(6,43)32(42)18(3)47-24/h9-12,18-20,23-24,31-34,42-44H,13-15H2,1-8H3/t18?,19?,20?,23?,24?,31?,32?,33?,34?,35?,36?,37?,38-,39?/m1/s1. The molecule has 5 saturated heterocycles. The third-order valence-electron chi connectivity index (χ3n) is 12.6. The number of aliphatic hydroxyl groups is 3. The lowest BCUT2D eigenvalue weighted by Gasteiger charge is -2.51. The van der Waals surface area contributed by atoms with Crippen molar-refractivity contribution < 1.29 is 67.5 Å². The van der Waals surface area contributed by atoms with Crippen LogP contribution in [-0.2, 0) is 37.9 Å². The molecule has 3 N–H and O–H groups in total. The molecule has 9 rings (SSSR count). The van der Waals surface area contributed by atoms with E-state index in [1.807, 2.05) is 6.92 Å². The molecule has 7 aliphatic rings. The summed E-state index contributed by atoms with van der Waals surface area (Å²) in [6.45, 7) is 12.1. The van der Waals surface area contributed by atoms with Crippen LogP contribution in [0.2, 0.25) is 0 Å². The van der Waals surface area contributed by atoms with Crippen LogP contribution in [0.1, 0.15) is 102 Å². The van der Waals surface area contributed by atoms with Gasteiger partial charge in [0.25, 0.3) is 5.79 Å². The number of carbonyl (C=O) groups is 2. The number of hydrogen-bond donors (Lipinski definition) is 3. The number of methoxy groups -OCH3 is 1. The number of aryl methyl sites for hydroxylation is 2. The van der Waals surface area contributed by atoms with Crippen molar-refractivity contribution in [2.24, 2.45) is 0 Å². The molecule has 14 atom stereocenters. The van der Waals surface area contributed by atoms with E-state index >= 15 is 0 Å². The zero-order valence-electron chi connectivity index (χ0n) is 31.0. The predicted octanol–water partition coefficient (Wildman–Crippen LogP) is 2.67. The number of epoxide rings is 1. The zero-order chi connectivity index (χ0) is 37.8. The second kappa shape index (κ2) is 11.4. The third kappa shape index (κ3) is 4.60. The van der Waals surface area contributed by atoms with Gasteiger partial charge in [-0.2, -0.15) is 0 Å². The SMILES string of the molecule is COC12Oc3c4c(cc(C)c3C3O[C@](C(C)OC5CC(C)(O)C(OC6CC(C)(O)C(O)C(C)O6)C(C)O5)(OC31)C21CO1)C(=O)c1cccc(C)c1C4=O. The van der Waals surface area contributed by atoms with E-state index < -0.39 is 83.7 Å². The van der Waals surface area contributed by atoms with Crippen molar-refractivity contribution in [3.8, 4) is 5.75 Å². The highest BCUT2D eigenvalue weighted by atomic mass is 16.9. The fourth-order valence-corrected chi connectivity index (χ4v) is 9.93. The Hall–Kier alpha value is -2.86. The summed E-state index contributed by atoms with van der Waals surface area (Å²) in [5.74, 6) is -3.47. The van der Waals surface area contributed by atoms with Crippen molar-refractivity contribution in [1.82, 2.24) is 0 Å². The molecule has 14 nitrogen and oxygen atoms in total. The fourth-order valence-electron chi connectivity index (χ4n) is 9.93. The van der Waals surface area contributed by atoms with Crippen LogP contribution >= 0.6 is 0 Å². The first-order valence-electron chi connectivity index (χ1n) is 18.3. The van der Waals surface area contributed by atoms with Gasteiger partial charge < -0.3 is 58.0 Å². The Kier molecular flexibility index (Phi) is 7.67. The molecule has 0 amide bonds. The number of fused-ring (bicyclic) bond motifs is 8. The Morgan fingerprint density at radius 1 is 0.906 bits per heavy atom. The number of ketones is 2. The predicted molar refractivity (Wildman–Crippen MR) is 180 cm³/mol. The van der Waals surface area contributed by atoms with Crippen LogP contribution in [0.25, 0.3) is 0 Å². The molecule has 0 saturated carbocycles. The van der Waals surface area contributed by atoms with E-state index in [0.29, 0.717) is 27.8 Å². The van der Waals surface area contributed by atoms with Gasteiger partial charge in [-0.3, -0.25) is 9.59 Å². The molecule has 2 aromatic carbocycles. The molecule has 6 heterocycles. The minimum Gasteiger partial charge on any atom is -0.455 e. The molecule has 14 heteroatoms. The van der Waals surface area contributed by atoms with E-state index in [1.54, 1.807) is 58.9 Å². The van der Waals surface area contributed by atoms with Crippen LogP contribution in [0.4, 0.5) is 0 Å². The molecule has 0 radical (unpaired) electrons. The van der Waals surface area contributed by atoms with E-state index in [0.717, 1.165) is 0 Å². The Balaban J connectivity index is 1.00. The minimum absolute atomic E-state index is 0.00145. The second-order valence-corrected chi connectivity index (χ2v) is 16.3. The Morgan fingerprint density at radius 2 is 1.60 bits per heavy atom. The molecule has 2 bridgehead atoms. The molecule has 1 aliphatic carbocycles. The second-order valence-electron chi connectivity index (χ2n) is 16.3. The van der Waals surface area contributed by atoms with E-state index in [4.69, 9.17) is 42.6 Å². The van der Waals surface area contributed by atoms with E-state index in [-0.39, 0.29) is 47.9 Å². The summed E-state index contributed by atoms with van der Waals surface area (Å²) in [5, 5.41) is 32.8. The smallest absolute Gasteiger partial charge is 0.276 e. The topological polar surface area (TPSA) is 181 Å². The van der Waals surface area contributed by atoms with Crippen LogP contribution < -0.4 is 4.74 Å². The lowest BCUT2D eigenvalue weighted by molar-refractivity contribution is -0.360. The van der Waals surface area contributed by atoms with Crippen LogP contribution in [-0.4, -0.2) is 118 Å². The molecule has 5 fully saturated rings. The largest absolute Gasteiger partial charge is 0.455 e. The highest BCUT2D eigenvalue weighted by Gasteiger charge is 2.92. The number of ether oxygens (including phenoxy) is 9. The lowest BCUT2D eigenvalue weighted by Crippen LogP contribution is -2.70. The normalized spacial score (nSPS) is 45.4. The van der Waals surface area contributed by atoms with Gasteiger partial charge in [0.2, 0.25) is 11.4 Å². The van der Waals surface area contributed by atoms with Crippen molar-refractivity contribution in [3.05, 3.63) is 63.2 Å². The molecule has 6 aliphatic heterocycles. The fraction of sp³-hybridized carbons (Fsp3) is 0.641. The molecule has 2 aromatic rings. The lowest BCUT2D eigenvalue weighted by atomic mass is 9.75. The van der Waals surface area contributed by atoms with Crippen LogP contribution in [0.5, 0.6) is 5.75 Å². The van der Waals surface area contributed by atoms with Crippen molar-refractivity contribution >= 4 is 11.6 Å². The summed E-state index contributed by atoms with van der Waals surface area (Å²) in [7, 11) is 1.49. The van der Waals surface area contributed by atoms with Crippen molar-refractivity contribution in [2.45, 2.75) is 145 Å². The molecule has 0 aromatic heterocycles. The summed E-state index contributed by atoms with van der Waals surface area (Å²) < 4.78 is 57.7. The van der Waals surface area contributed by atoms with Gasteiger partial charge in [-0.05, 0) is 65.7 Å².